The second-order valence-corrected chi connectivity index (χ2v) is 5.32. The minimum Gasteiger partial charge on any atom is -0.472 e. The van der Waals surface area contributed by atoms with Crippen LogP contribution in [0.15, 0.2) is 48.5 Å². The molecule has 0 aliphatic heterocycles. The molecular weight excluding hydrogens is 242 g/mol. The standard InChI is InChI=1S/C15H13NOS/c1-11-5-4-8-15(16-11)17-10-13-9-12-6-2-3-7-14(12)18-13/h2-9H,10H2,1H3. The average Bonchev–Trinajstić information content (AvgIpc) is 2.79. The van der Waals surface area contributed by atoms with Crippen molar-refractivity contribution in [2.24, 2.45) is 0 Å². The average molecular weight is 255 g/mol. The summed E-state index contributed by atoms with van der Waals surface area (Å²) in [7, 11) is 0. The Hall–Kier alpha value is -1.87. The van der Waals surface area contributed by atoms with Crippen LogP contribution in [0.1, 0.15) is 10.6 Å². The van der Waals surface area contributed by atoms with Crippen molar-refractivity contribution >= 4 is 21.4 Å². The summed E-state index contributed by atoms with van der Waals surface area (Å²) in [5.41, 5.74) is 0.976. The van der Waals surface area contributed by atoms with E-state index in [0.717, 1.165) is 5.69 Å². The van der Waals surface area contributed by atoms with E-state index in [1.807, 2.05) is 25.1 Å². The van der Waals surface area contributed by atoms with Crippen LogP contribution < -0.4 is 4.74 Å². The van der Waals surface area contributed by atoms with Gasteiger partial charge in [-0.15, -0.1) is 11.3 Å². The molecule has 3 heteroatoms. The Morgan fingerprint density at radius 1 is 1.11 bits per heavy atom. The molecule has 90 valence electrons. The van der Waals surface area contributed by atoms with Gasteiger partial charge in [-0.1, -0.05) is 24.3 Å². The summed E-state index contributed by atoms with van der Waals surface area (Å²) in [4.78, 5) is 5.55. The number of hydrogen-bond donors (Lipinski definition) is 0. The van der Waals surface area contributed by atoms with Crippen LogP contribution in [0.2, 0.25) is 0 Å². The highest BCUT2D eigenvalue weighted by Gasteiger charge is 2.02. The molecule has 3 aromatic rings. The summed E-state index contributed by atoms with van der Waals surface area (Å²) >= 11 is 1.77. The molecule has 0 saturated heterocycles. The van der Waals surface area contributed by atoms with Crippen molar-refractivity contribution in [2.45, 2.75) is 13.5 Å². The van der Waals surface area contributed by atoms with Gasteiger partial charge in [0.1, 0.15) is 6.61 Å². The number of aryl methyl sites for hydroxylation is 1. The van der Waals surface area contributed by atoms with E-state index in [-0.39, 0.29) is 0 Å². The van der Waals surface area contributed by atoms with Gasteiger partial charge in [0.2, 0.25) is 5.88 Å². The third kappa shape index (κ3) is 2.36. The van der Waals surface area contributed by atoms with Crippen molar-refractivity contribution in [3.05, 3.63) is 59.1 Å². The molecule has 0 aliphatic rings. The highest BCUT2D eigenvalue weighted by atomic mass is 32.1. The summed E-state index contributed by atoms with van der Waals surface area (Å²) in [5.74, 6) is 0.687. The van der Waals surface area contributed by atoms with Crippen LogP contribution in [0, 0.1) is 6.92 Å². The third-order valence-corrected chi connectivity index (χ3v) is 3.79. The smallest absolute Gasteiger partial charge is 0.213 e. The van der Waals surface area contributed by atoms with Gasteiger partial charge in [-0.3, -0.25) is 0 Å². The SMILES string of the molecule is Cc1cccc(OCc2cc3ccccc3s2)n1. The van der Waals surface area contributed by atoms with Crippen LogP contribution >= 0.6 is 11.3 Å². The van der Waals surface area contributed by atoms with Gasteiger partial charge in [-0.25, -0.2) is 4.98 Å². The van der Waals surface area contributed by atoms with Crippen molar-refractivity contribution in [2.75, 3.05) is 0 Å². The Morgan fingerprint density at radius 3 is 2.83 bits per heavy atom. The molecular formula is C15H13NOS. The van der Waals surface area contributed by atoms with Gasteiger partial charge in [-0.05, 0) is 30.5 Å². The molecule has 2 aromatic heterocycles. The van der Waals surface area contributed by atoms with Gasteiger partial charge < -0.3 is 4.74 Å². The zero-order valence-corrected chi connectivity index (χ0v) is 10.9. The highest BCUT2D eigenvalue weighted by molar-refractivity contribution is 7.19. The molecule has 1 aromatic carbocycles. The number of pyridine rings is 1. The quantitative estimate of drug-likeness (QED) is 0.700. The van der Waals surface area contributed by atoms with Crippen LogP contribution in [0.3, 0.4) is 0 Å². The Balaban J connectivity index is 1.76. The van der Waals surface area contributed by atoms with E-state index in [9.17, 15) is 0 Å². The second-order valence-electron chi connectivity index (χ2n) is 4.16. The van der Waals surface area contributed by atoms with E-state index >= 15 is 0 Å². The maximum atomic E-state index is 5.70. The van der Waals surface area contributed by atoms with E-state index in [1.165, 1.54) is 15.0 Å². The summed E-state index contributed by atoms with van der Waals surface area (Å²) < 4.78 is 7.00. The zero-order chi connectivity index (χ0) is 12.4. The molecule has 0 amide bonds. The van der Waals surface area contributed by atoms with Crippen molar-refractivity contribution in [1.82, 2.24) is 4.98 Å². The first-order valence-corrected chi connectivity index (χ1v) is 6.67. The number of nitrogens with zero attached hydrogens (tertiary/aromatic N) is 1. The first-order chi connectivity index (χ1) is 8.81. The van der Waals surface area contributed by atoms with E-state index in [1.54, 1.807) is 11.3 Å². The number of thiophene rings is 1. The Kier molecular flexibility index (Phi) is 2.99. The lowest BCUT2D eigenvalue weighted by Crippen LogP contribution is -1.95. The summed E-state index contributed by atoms with van der Waals surface area (Å²) in [6.07, 6.45) is 0. The van der Waals surface area contributed by atoms with Crippen molar-refractivity contribution in [1.29, 1.82) is 0 Å². The first-order valence-electron chi connectivity index (χ1n) is 5.85. The topological polar surface area (TPSA) is 22.1 Å². The van der Waals surface area contributed by atoms with Crippen molar-refractivity contribution in [3.63, 3.8) is 0 Å². The van der Waals surface area contributed by atoms with Gasteiger partial charge in [-0.2, -0.15) is 0 Å². The molecule has 0 atom stereocenters. The molecule has 0 unspecified atom stereocenters. The lowest BCUT2D eigenvalue weighted by atomic mass is 10.2. The van der Waals surface area contributed by atoms with Crippen LogP contribution in [0.5, 0.6) is 5.88 Å². The third-order valence-electron chi connectivity index (χ3n) is 2.70. The predicted octanol–water partition coefficient (Wildman–Crippen LogP) is 4.18. The van der Waals surface area contributed by atoms with Gasteiger partial charge in [0.15, 0.2) is 0 Å². The lowest BCUT2D eigenvalue weighted by molar-refractivity contribution is 0.297. The van der Waals surface area contributed by atoms with E-state index < -0.39 is 0 Å². The number of ether oxygens (including phenoxy) is 1. The maximum absolute atomic E-state index is 5.70. The summed E-state index contributed by atoms with van der Waals surface area (Å²) in [6.45, 7) is 2.54. The number of fused-ring (bicyclic) bond motifs is 1. The maximum Gasteiger partial charge on any atom is 0.213 e. The fraction of sp³-hybridized carbons (Fsp3) is 0.133. The minimum atomic E-state index is 0.579. The molecule has 2 nitrogen and oxygen atoms in total. The molecule has 18 heavy (non-hydrogen) atoms. The van der Waals surface area contributed by atoms with E-state index in [4.69, 9.17) is 4.74 Å². The molecule has 0 spiro atoms. The molecule has 0 fully saturated rings. The van der Waals surface area contributed by atoms with Crippen molar-refractivity contribution < 1.29 is 4.74 Å². The minimum absolute atomic E-state index is 0.579. The second kappa shape index (κ2) is 4.78. The van der Waals surface area contributed by atoms with Gasteiger partial charge in [0.05, 0.1) is 0 Å². The van der Waals surface area contributed by atoms with Crippen LogP contribution in [-0.4, -0.2) is 4.98 Å². The first kappa shape index (κ1) is 11.2. The zero-order valence-electron chi connectivity index (χ0n) is 10.1. The Morgan fingerprint density at radius 2 is 2.00 bits per heavy atom. The normalized spacial score (nSPS) is 10.7. The molecule has 3 rings (SSSR count). The van der Waals surface area contributed by atoms with E-state index in [0.29, 0.717) is 12.5 Å². The highest BCUT2D eigenvalue weighted by Crippen LogP contribution is 2.26. The molecule has 0 N–H and O–H groups in total. The molecule has 0 bridgehead atoms. The van der Waals surface area contributed by atoms with Crippen molar-refractivity contribution in [3.8, 4) is 5.88 Å². The largest absolute Gasteiger partial charge is 0.472 e. The molecule has 0 radical (unpaired) electrons. The Labute approximate surface area is 110 Å². The number of aromatic nitrogens is 1. The molecule has 2 heterocycles. The van der Waals surface area contributed by atoms with Gasteiger partial charge in [0.25, 0.3) is 0 Å². The summed E-state index contributed by atoms with van der Waals surface area (Å²) in [6, 6.07) is 16.4. The van der Waals surface area contributed by atoms with Crippen LogP contribution in [0.4, 0.5) is 0 Å². The number of rotatable bonds is 3. The predicted molar refractivity (Wildman–Crippen MR) is 75.1 cm³/mol. The van der Waals surface area contributed by atoms with Crippen LogP contribution in [-0.2, 0) is 6.61 Å². The number of hydrogen-bond acceptors (Lipinski definition) is 3. The molecule has 0 saturated carbocycles. The molecule has 0 aliphatic carbocycles. The fourth-order valence-corrected chi connectivity index (χ4v) is 2.83. The van der Waals surface area contributed by atoms with Crippen LogP contribution in [0.25, 0.3) is 10.1 Å². The lowest BCUT2D eigenvalue weighted by Gasteiger charge is -2.03. The number of benzene rings is 1. The summed E-state index contributed by atoms with van der Waals surface area (Å²) in [5, 5.41) is 1.28. The Bertz CT molecular complexity index is 642. The van der Waals surface area contributed by atoms with Gasteiger partial charge >= 0.3 is 0 Å². The monoisotopic (exact) mass is 255 g/mol. The fourth-order valence-electron chi connectivity index (χ4n) is 1.85. The van der Waals surface area contributed by atoms with Gasteiger partial charge in [0, 0.05) is 21.3 Å². The van der Waals surface area contributed by atoms with E-state index in [2.05, 4.69) is 35.3 Å².